The van der Waals surface area contributed by atoms with Gasteiger partial charge in [-0.15, -0.1) is 0 Å². The van der Waals surface area contributed by atoms with Crippen LogP contribution >= 0.6 is 0 Å². The van der Waals surface area contributed by atoms with Crippen LogP contribution in [0.15, 0.2) is 24.2 Å². The molecule has 0 atom stereocenters. The Morgan fingerprint density at radius 1 is 1.75 bits per heavy atom. The second-order valence-electron chi connectivity index (χ2n) is 3.24. The van der Waals surface area contributed by atoms with Crippen LogP contribution in [0.4, 0.5) is 5.82 Å². The average Bonchev–Trinajstić information content (AvgIpc) is 2.28. The predicted molar refractivity (Wildman–Crippen MR) is 59.7 cm³/mol. The van der Waals surface area contributed by atoms with Gasteiger partial charge < -0.3 is 10.8 Å². The Bertz CT molecular complexity index is 449. The van der Waals surface area contributed by atoms with E-state index in [0.717, 1.165) is 5.56 Å². The lowest BCUT2D eigenvalue weighted by molar-refractivity contribution is 0.329. The molecule has 0 unspecified atom stereocenters. The summed E-state index contributed by atoms with van der Waals surface area (Å²) < 4.78 is 0. The van der Waals surface area contributed by atoms with Crippen LogP contribution in [0.25, 0.3) is 0 Å². The predicted octanol–water partition coefficient (Wildman–Crippen LogP) is -0.266. The van der Waals surface area contributed by atoms with Gasteiger partial charge in [0.25, 0.3) is 0 Å². The number of nitrogens with two attached hydrogens (primary N) is 2. The Labute approximate surface area is 93.4 Å². The molecule has 1 heterocycles. The van der Waals surface area contributed by atoms with Gasteiger partial charge >= 0.3 is 0 Å². The van der Waals surface area contributed by atoms with Gasteiger partial charge in [-0.1, -0.05) is 0 Å². The zero-order valence-corrected chi connectivity index (χ0v) is 8.88. The molecule has 5 N–H and O–H groups in total. The van der Waals surface area contributed by atoms with Crippen molar-refractivity contribution in [3.8, 4) is 6.07 Å². The van der Waals surface area contributed by atoms with Crippen LogP contribution in [-0.2, 0) is 0 Å². The molecule has 0 aliphatic heterocycles. The zero-order valence-electron chi connectivity index (χ0n) is 8.88. The summed E-state index contributed by atoms with van der Waals surface area (Å²) in [5.74, 6) is 6.10. The van der Waals surface area contributed by atoms with Gasteiger partial charge in [0.05, 0.1) is 17.9 Å². The van der Waals surface area contributed by atoms with E-state index < -0.39 is 0 Å². The number of hydrazine groups is 1. The van der Waals surface area contributed by atoms with E-state index in [0.29, 0.717) is 11.4 Å². The average molecular weight is 219 g/mol. The molecule has 1 aromatic rings. The molecule has 6 nitrogen and oxygen atoms in total. The Kier molecular flexibility index (Phi) is 3.83. The summed E-state index contributed by atoms with van der Waals surface area (Å²) in [7, 11) is 0. The molecular formula is C10H13N5O. The number of aromatic nitrogens is 1. The maximum atomic E-state index is 8.73. The number of hydrogen-bond donors (Lipinski definition) is 3. The lowest BCUT2D eigenvalue weighted by Crippen LogP contribution is -2.27. The number of hydrogen-bond acceptors (Lipinski definition) is 6. The Morgan fingerprint density at radius 2 is 2.44 bits per heavy atom. The summed E-state index contributed by atoms with van der Waals surface area (Å²) in [6.45, 7) is 1.51. The minimum absolute atomic E-state index is 0.228. The van der Waals surface area contributed by atoms with Crippen molar-refractivity contribution < 1.29 is 5.11 Å². The molecule has 0 aromatic carbocycles. The highest BCUT2D eigenvalue weighted by Crippen LogP contribution is 2.13. The number of pyridine rings is 1. The maximum absolute atomic E-state index is 8.73. The van der Waals surface area contributed by atoms with E-state index in [-0.39, 0.29) is 12.3 Å². The van der Waals surface area contributed by atoms with Crippen LogP contribution in [0.3, 0.4) is 0 Å². The number of aryl methyl sites for hydroxylation is 1. The number of anilines is 1. The van der Waals surface area contributed by atoms with Gasteiger partial charge in [0.2, 0.25) is 0 Å². The van der Waals surface area contributed by atoms with Crippen LogP contribution in [0.5, 0.6) is 0 Å². The number of rotatable bonds is 3. The Morgan fingerprint density at radius 3 is 2.94 bits per heavy atom. The van der Waals surface area contributed by atoms with E-state index in [1.165, 1.54) is 17.4 Å². The van der Waals surface area contributed by atoms with Crippen LogP contribution in [0.2, 0.25) is 0 Å². The van der Waals surface area contributed by atoms with E-state index in [4.69, 9.17) is 21.9 Å². The minimum atomic E-state index is -0.275. The van der Waals surface area contributed by atoms with Gasteiger partial charge in [-0.25, -0.2) is 10.8 Å². The molecule has 6 heteroatoms. The van der Waals surface area contributed by atoms with Crippen molar-refractivity contribution in [2.45, 2.75) is 6.92 Å². The van der Waals surface area contributed by atoms with Gasteiger partial charge in [0.15, 0.2) is 0 Å². The molecule has 84 valence electrons. The summed E-state index contributed by atoms with van der Waals surface area (Å²) >= 11 is 0. The normalized spacial score (nSPS) is 11.0. The fourth-order valence-electron chi connectivity index (χ4n) is 1.09. The number of aliphatic hydroxyl groups is 1. The number of aliphatic hydroxyl groups excluding tert-OH is 1. The maximum Gasteiger partial charge on any atom is 0.147 e. The first-order valence-corrected chi connectivity index (χ1v) is 4.56. The molecule has 0 radical (unpaired) electrons. The summed E-state index contributed by atoms with van der Waals surface area (Å²) in [6.07, 6.45) is 2.81. The first-order chi connectivity index (χ1) is 7.58. The topological polar surface area (TPSA) is 112 Å². The summed E-state index contributed by atoms with van der Waals surface area (Å²) in [6, 6.07) is 3.68. The number of nitriles is 1. The first-order valence-electron chi connectivity index (χ1n) is 4.56. The monoisotopic (exact) mass is 219 g/mol. The largest absolute Gasteiger partial charge is 0.399 e. The molecular weight excluding hydrogens is 206 g/mol. The summed E-state index contributed by atoms with van der Waals surface area (Å²) in [4.78, 5) is 3.99. The third-order valence-electron chi connectivity index (χ3n) is 1.97. The molecule has 1 aromatic heterocycles. The molecule has 0 saturated carbocycles. The highest BCUT2D eigenvalue weighted by Gasteiger charge is 2.04. The van der Waals surface area contributed by atoms with Crippen molar-refractivity contribution in [3.05, 3.63) is 35.3 Å². The smallest absolute Gasteiger partial charge is 0.147 e. The third kappa shape index (κ3) is 2.70. The van der Waals surface area contributed by atoms with Gasteiger partial charge in [0, 0.05) is 12.4 Å². The molecule has 0 fully saturated rings. The third-order valence-corrected chi connectivity index (χ3v) is 1.97. The van der Waals surface area contributed by atoms with E-state index >= 15 is 0 Å². The van der Waals surface area contributed by atoms with Crippen LogP contribution in [-0.4, -0.2) is 16.7 Å². The van der Waals surface area contributed by atoms with Crippen LogP contribution in [0, 0.1) is 18.3 Å². The fraction of sp³-hybridized carbons (Fsp3) is 0.200. The van der Waals surface area contributed by atoms with Crippen molar-refractivity contribution in [1.82, 2.24) is 4.98 Å². The zero-order chi connectivity index (χ0) is 12.1. The molecule has 0 spiro atoms. The highest BCUT2D eigenvalue weighted by atomic mass is 16.3. The van der Waals surface area contributed by atoms with Crippen LogP contribution < -0.4 is 16.6 Å². The van der Waals surface area contributed by atoms with Gasteiger partial charge in [-0.3, -0.25) is 5.01 Å². The standard InChI is InChI=1S/C10H13N5O/c1-7-2-10(14-4-8(7)3-11)15(13)5-9(12)6-16/h2,4-5,16H,6,12-13H2,1H3/b9-5-. The molecule has 16 heavy (non-hydrogen) atoms. The summed E-state index contributed by atoms with van der Waals surface area (Å²) in [5.41, 5.74) is 6.92. The van der Waals surface area contributed by atoms with E-state index in [1.54, 1.807) is 13.0 Å². The van der Waals surface area contributed by atoms with E-state index in [9.17, 15) is 0 Å². The van der Waals surface area contributed by atoms with Crippen molar-refractivity contribution >= 4 is 5.82 Å². The Balaban J connectivity index is 2.98. The first kappa shape index (κ1) is 12.0. The van der Waals surface area contributed by atoms with Gasteiger partial charge in [-0.05, 0) is 18.6 Å². The van der Waals surface area contributed by atoms with Gasteiger partial charge in [-0.2, -0.15) is 5.26 Å². The lowest BCUT2D eigenvalue weighted by atomic mass is 10.2. The van der Waals surface area contributed by atoms with Crippen molar-refractivity contribution in [1.29, 1.82) is 5.26 Å². The quantitative estimate of drug-likeness (QED) is 0.476. The van der Waals surface area contributed by atoms with Crippen LogP contribution in [0.1, 0.15) is 11.1 Å². The van der Waals surface area contributed by atoms with Crippen molar-refractivity contribution in [2.24, 2.45) is 11.6 Å². The molecule has 0 amide bonds. The minimum Gasteiger partial charge on any atom is -0.399 e. The van der Waals surface area contributed by atoms with Gasteiger partial charge in [0.1, 0.15) is 11.9 Å². The lowest BCUT2D eigenvalue weighted by Gasteiger charge is -2.14. The molecule has 0 aliphatic rings. The summed E-state index contributed by atoms with van der Waals surface area (Å²) in [5, 5.41) is 18.7. The second-order valence-corrected chi connectivity index (χ2v) is 3.24. The van der Waals surface area contributed by atoms with Crippen molar-refractivity contribution in [3.63, 3.8) is 0 Å². The molecule has 1 rings (SSSR count). The van der Waals surface area contributed by atoms with Crippen molar-refractivity contribution in [2.75, 3.05) is 11.6 Å². The highest BCUT2D eigenvalue weighted by molar-refractivity contribution is 5.47. The molecule has 0 bridgehead atoms. The SMILES string of the molecule is Cc1cc(N(N)/C=C(\N)CO)ncc1C#N. The molecule has 0 aliphatic carbocycles. The van der Waals surface area contributed by atoms with E-state index in [1.807, 2.05) is 6.07 Å². The Hall–Kier alpha value is -2.10. The number of nitrogens with zero attached hydrogens (tertiary/aromatic N) is 3. The molecule has 0 saturated heterocycles. The van der Waals surface area contributed by atoms with E-state index in [2.05, 4.69) is 4.98 Å². The second kappa shape index (κ2) is 5.11. The fourth-order valence-corrected chi connectivity index (χ4v) is 1.09.